The molecule has 40 heavy (non-hydrogen) atoms. The number of ether oxygens (including phenoxy) is 1. The molecule has 1 aromatic carbocycles. The third-order valence-corrected chi connectivity index (χ3v) is 7.96. The van der Waals surface area contributed by atoms with E-state index in [-0.39, 0.29) is 27.8 Å². The number of aryl methyl sites for hydroxylation is 1. The minimum Gasteiger partial charge on any atom is -0.486 e. The number of aromatic nitrogens is 3. The lowest BCUT2D eigenvalue weighted by molar-refractivity contribution is 0.0992. The number of halogens is 3. The second-order valence-electron chi connectivity index (χ2n) is 8.67. The van der Waals surface area contributed by atoms with E-state index in [1.807, 2.05) is 38.1 Å². The van der Waals surface area contributed by atoms with Crippen LogP contribution < -0.4 is 15.8 Å². The van der Waals surface area contributed by atoms with E-state index in [9.17, 15) is 18.4 Å². The van der Waals surface area contributed by atoms with Gasteiger partial charge in [0.2, 0.25) is 0 Å². The third-order valence-electron chi connectivity index (χ3n) is 6.14. The Hall–Kier alpha value is -3.85. The van der Waals surface area contributed by atoms with E-state index in [1.54, 1.807) is 16.9 Å². The number of nitrogens with one attached hydrogen (secondary N) is 1. The summed E-state index contributed by atoms with van der Waals surface area (Å²) in [7, 11) is 0. The summed E-state index contributed by atoms with van der Waals surface area (Å²) in [4.78, 5) is 29.8. The van der Waals surface area contributed by atoms with Crippen LogP contribution in [-0.2, 0) is 13.2 Å². The molecule has 0 radical (unpaired) electrons. The molecule has 0 unspecified atom stereocenters. The first-order chi connectivity index (χ1) is 19.2. The number of benzene rings is 1. The molecule has 0 aliphatic rings. The van der Waals surface area contributed by atoms with E-state index in [4.69, 9.17) is 14.9 Å². The molecule has 0 atom stereocenters. The van der Waals surface area contributed by atoms with Crippen molar-refractivity contribution >= 4 is 61.6 Å². The van der Waals surface area contributed by atoms with Gasteiger partial charge in [-0.1, -0.05) is 0 Å². The molecule has 5 aromatic rings. The van der Waals surface area contributed by atoms with Gasteiger partial charge in [0.15, 0.2) is 5.76 Å². The summed E-state index contributed by atoms with van der Waals surface area (Å²) in [5.41, 5.74) is 6.87. The highest BCUT2D eigenvalue weighted by atomic mass is 127. The Morgan fingerprint density at radius 1 is 1.20 bits per heavy atom. The first-order valence-electron chi connectivity index (χ1n) is 12.0. The predicted octanol–water partition coefficient (Wildman–Crippen LogP) is 6.55. The van der Waals surface area contributed by atoms with Gasteiger partial charge in [0.25, 0.3) is 18.2 Å². The van der Waals surface area contributed by atoms with Gasteiger partial charge in [-0.25, -0.2) is 13.8 Å². The number of amides is 2. The molecule has 0 saturated heterocycles. The van der Waals surface area contributed by atoms with Crippen molar-refractivity contribution in [1.82, 2.24) is 14.8 Å². The number of nitrogens with two attached hydrogens (primary N) is 1. The summed E-state index contributed by atoms with van der Waals surface area (Å²) >= 11 is 3.02. The van der Waals surface area contributed by atoms with Crippen molar-refractivity contribution in [3.05, 3.63) is 80.0 Å². The van der Waals surface area contributed by atoms with Crippen LogP contribution in [0.15, 0.2) is 53.1 Å². The molecule has 206 valence electrons. The molecule has 3 N–H and O–H groups in total. The fourth-order valence-corrected chi connectivity index (χ4v) is 5.58. The zero-order valence-electron chi connectivity index (χ0n) is 21.2. The molecule has 9 nitrogen and oxygen atoms in total. The van der Waals surface area contributed by atoms with Crippen molar-refractivity contribution in [1.29, 1.82) is 0 Å². The van der Waals surface area contributed by atoms with Crippen LogP contribution in [0.5, 0.6) is 5.75 Å². The number of rotatable bonds is 9. The van der Waals surface area contributed by atoms with Crippen LogP contribution in [0.25, 0.3) is 21.3 Å². The molecule has 0 fully saturated rings. The van der Waals surface area contributed by atoms with E-state index in [1.165, 1.54) is 12.1 Å². The lowest BCUT2D eigenvalue weighted by atomic mass is 10.0. The summed E-state index contributed by atoms with van der Waals surface area (Å²) in [5.74, 6) is -0.490. The molecule has 0 saturated carbocycles. The summed E-state index contributed by atoms with van der Waals surface area (Å²) < 4.78 is 41.7. The van der Waals surface area contributed by atoms with Crippen molar-refractivity contribution in [3.63, 3.8) is 0 Å². The first kappa shape index (κ1) is 27.7. The van der Waals surface area contributed by atoms with Gasteiger partial charge in [-0.15, -0.1) is 11.3 Å². The van der Waals surface area contributed by atoms with Gasteiger partial charge >= 0.3 is 0 Å². The number of alkyl halides is 2. The number of primary amides is 1. The molecule has 13 heteroatoms. The molecular formula is C27H22F2IN5O4S. The Bertz CT molecular complexity index is 1730. The second-order valence-corrected chi connectivity index (χ2v) is 10.9. The zero-order valence-corrected chi connectivity index (χ0v) is 24.2. The average molecular weight is 677 g/mol. The zero-order chi connectivity index (χ0) is 28.6. The number of furan rings is 1. The van der Waals surface area contributed by atoms with Gasteiger partial charge in [0.1, 0.15) is 33.5 Å². The van der Waals surface area contributed by atoms with E-state index < -0.39 is 23.9 Å². The highest BCUT2D eigenvalue weighted by molar-refractivity contribution is 14.1. The average Bonchev–Trinajstić information content (AvgIpc) is 3.65. The van der Waals surface area contributed by atoms with Gasteiger partial charge < -0.3 is 20.2 Å². The van der Waals surface area contributed by atoms with Gasteiger partial charge in [-0.3, -0.25) is 14.3 Å². The molecular weight excluding hydrogens is 655 g/mol. The summed E-state index contributed by atoms with van der Waals surface area (Å²) in [6, 6.07) is 11.8. The number of pyridine rings is 1. The maximum Gasteiger partial charge on any atom is 0.291 e. The van der Waals surface area contributed by atoms with Crippen LogP contribution in [0.1, 0.15) is 50.7 Å². The molecule has 0 spiro atoms. The van der Waals surface area contributed by atoms with E-state index in [2.05, 4.69) is 38.0 Å². The van der Waals surface area contributed by atoms with Gasteiger partial charge in [0.05, 0.1) is 11.9 Å². The number of anilines is 1. The van der Waals surface area contributed by atoms with Crippen molar-refractivity contribution in [2.75, 3.05) is 5.32 Å². The molecule has 5 rings (SSSR count). The lowest BCUT2D eigenvalue weighted by Crippen LogP contribution is -2.16. The maximum atomic E-state index is 13.8. The highest BCUT2D eigenvalue weighted by Crippen LogP contribution is 2.43. The van der Waals surface area contributed by atoms with E-state index >= 15 is 0 Å². The normalized spacial score (nSPS) is 11.3. The minimum atomic E-state index is -2.86. The number of hydrogen-bond donors (Lipinski definition) is 2. The number of carbonyl (C=O) groups is 2. The standard InChI is InChI=1S/C27H22F2IN5O4S/c1-3-35-13(2)18(11-32-35)17-10-19(24(28)29)33-27-21(17)22(23(40-27)25(31)36)34-26(37)20-9-8-16(39-20)12-38-15-6-4-14(30)5-7-15/h4-11,24H,3,12H2,1-2H3,(H2,31,36)(H,34,37). The van der Waals surface area contributed by atoms with Gasteiger partial charge in [-0.2, -0.15) is 5.10 Å². The molecule has 0 aliphatic heterocycles. The number of carbonyl (C=O) groups excluding carboxylic acids is 2. The fourth-order valence-electron chi connectivity index (χ4n) is 4.20. The molecule has 4 aromatic heterocycles. The van der Waals surface area contributed by atoms with Crippen LogP contribution in [-0.4, -0.2) is 26.6 Å². The van der Waals surface area contributed by atoms with Crippen LogP contribution in [0.3, 0.4) is 0 Å². The largest absolute Gasteiger partial charge is 0.486 e. The maximum absolute atomic E-state index is 13.8. The smallest absolute Gasteiger partial charge is 0.291 e. The number of fused-ring (bicyclic) bond motifs is 1. The molecule has 4 heterocycles. The van der Waals surface area contributed by atoms with Crippen LogP contribution >= 0.6 is 33.9 Å². The molecule has 0 bridgehead atoms. The van der Waals surface area contributed by atoms with Crippen LogP contribution in [0.4, 0.5) is 14.5 Å². The molecule has 2 amide bonds. The third kappa shape index (κ3) is 5.43. The summed E-state index contributed by atoms with van der Waals surface area (Å²) in [5, 5.41) is 7.34. The van der Waals surface area contributed by atoms with Crippen LogP contribution in [0, 0.1) is 10.5 Å². The summed E-state index contributed by atoms with van der Waals surface area (Å²) in [6.45, 7) is 4.37. The van der Waals surface area contributed by atoms with E-state index in [0.717, 1.165) is 20.6 Å². The summed E-state index contributed by atoms with van der Waals surface area (Å²) in [6.07, 6.45) is -1.30. The Kier molecular flexibility index (Phi) is 7.85. The number of nitrogens with zero attached hydrogens (tertiary/aromatic N) is 3. The fraction of sp³-hybridized carbons (Fsp3) is 0.185. The first-order valence-corrected chi connectivity index (χ1v) is 13.9. The Labute approximate surface area is 244 Å². The molecule has 0 aliphatic carbocycles. The number of hydrogen-bond acceptors (Lipinski definition) is 7. The minimum absolute atomic E-state index is 0.0297. The van der Waals surface area contributed by atoms with Crippen molar-refractivity contribution < 1.29 is 27.5 Å². The quantitative estimate of drug-likeness (QED) is 0.171. The number of thiophene rings is 1. The lowest BCUT2D eigenvalue weighted by Gasteiger charge is -2.10. The Balaban J connectivity index is 1.52. The highest BCUT2D eigenvalue weighted by Gasteiger charge is 2.27. The van der Waals surface area contributed by atoms with Gasteiger partial charge in [-0.05, 0) is 84.5 Å². The van der Waals surface area contributed by atoms with Crippen molar-refractivity contribution in [2.24, 2.45) is 5.73 Å². The van der Waals surface area contributed by atoms with E-state index in [0.29, 0.717) is 34.6 Å². The Morgan fingerprint density at radius 2 is 1.95 bits per heavy atom. The topological polar surface area (TPSA) is 125 Å². The van der Waals surface area contributed by atoms with Crippen molar-refractivity contribution in [3.8, 4) is 16.9 Å². The van der Waals surface area contributed by atoms with Crippen molar-refractivity contribution in [2.45, 2.75) is 33.4 Å². The SMILES string of the molecule is CCn1ncc(-c2cc(C(F)F)nc3sc(C(N)=O)c(NC(=O)c4ccc(COc5ccc(I)cc5)o4)c23)c1C. The van der Waals surface area contributed by atoms with Gasteiger partial charge in [0, 0.05) is 26.8 Å². The predicted molar refractivity (Wildman–Crippen MR) is 155 cm³/mol. The second kappa shape index (κ2) is 11.3. The monoisotopic (exact) mass is 677 g/mol. The Morgan fingerprint density at radius 3 is 2.60 bits per heavy atom. The van der Waals surface area contributed by atoms with Crippen LogP contribution in [0.2, 0.25) is 0 Å².